The number of likely N-dealkylation sites (N-methyl/N-ethyl adjacent to an activating group) is 1. The van der Waals surface area contributed by atoms with Crippen LogP contribution in [0.1, 0.15) is 17.2 Å². The maximum Gasteiger partial charge on any atom is 0.142 e. The SMILES string of the molecule is COc1ccccc1N(C)C(CN)c1ccc(Br)c(C)c1. The smallest absolute Gasteiger partial charge is 0.142 e. The van der Waals surface area contributed by atoms with Gasteiger partial charge in [-0.25, -0.2) is 0 Å². The minimum absolute atomic E-state index is 0.105. The monoisotopic (exact) mass is 348 g/mol. The summed E-state index contributed by atoms with van der Waals surface area (Å²) in [5.74, 6) is 0.854. The van der Waals surface area contributed by atoms with Crippen LogP contribution in [0, 0.1) is 6.92 Å². The quantitative estimate of drug-likeness (QED) is 0.890. The maximum atomic E-state index is 6.03. The van der Waals surface area contributed by atoms with Crippen LogP contribution in [0.25, 0.3) is 0 Å². The molecule has 2 aromatic carbocycles. The molecule has 0 aliphatic heterocycles. The lowest BCUT2D eigenvalue weighted by atomic mass is 10.0. The van der Waals surface area contributed by atoms with E-state index in [0.29, 0.717) is 6.54 Å². The molecule has 0 aliphatic carbocycles. The molecular formula is C17H21BrN2O. The standard InChI is InChI=1S/C17H21BrN2O/c1-12-10-13(8-9-14(12)18)16(11-19)20(2)15-6-4-5-7-17(15)21-3/h4-10,16H,11,19H2,1-3H3. The number of halogens is 1. The normalized spacial score (nSPS) is 12.0. The lowest BCUT2D eigenvalue weighted by Crippen LogP contribution is -2.30. The van der Waals surface area contributed by atoms with Gasteiger partial charge in [0.2, 0.25) is 0 Å². The van der Waals surface area contributed by atoms with Crippen LogP contribution in [0.3, 0.4) is 0 Å². The summed E-state index contributed by atoms with van der Waals surface area (Å²) in [6.45, 7) is 2.62. The number of methoxy groups -OCH3 is 1. The molecule has 0 saturated heterocycles. The average molecular weight is 349 g/mol. The van der Waals surface area contributed by atoms with E-state index < -0.39 is 0 Å². The van der Waals surface area contributed by atoms with Gasteiger partial charge in [-0.05, 0) is 36.2 Å². The molecule has 2 rings (SSSR count). The summed E-state index contributed by atoms with van der Waals surface area (Å²) < 4.78 is 6.56. The maximum absolute atomic E-state index is 6.03. The Bertz CT molecular complexity index is 615. The van der Waals surface area contributed by atoms with Crippen molar-refractivity contribution in [2.45, 2.75) is 13.0 Å². The second kappa shape index (κ2) is 6.96. The molecule has 0 aromatic heterocycles. The van der Waals surface area contributed by atoms with E-state index in [1.165, 1.54) is 11.1 Å². The van der Waals surface area contributed by atoms with Gasteiger partial charge in [-0.2, -0.15) is 0 Å². The van der Waals surface area contributed by atoms with E-state index >= 15 is 0 Å². The van der Waals surface area contributed by atoms with Gasteiger partial charge in [-0.1, -0.05) is 40.2 Å². The van der Waals surface area contributed by atoms with Crippen molar-refractivity contribution in [1.29, 1.82) is 0 Å². The van der Waals surface area contributed by atoms with E-state index in [-0.39, 0.29) is 6.04 Å². The highest BCUT2D eigenvalue weighted by molar-refractivity contribution is 9.10. The fourth-order valence-electron chi connectivity index (χ4n) is 2.48. The Kier molecular flexibility index (Phi) is 5.26. The van der Waals surface area contributed by atoms with Crippen molar-refractivity contribution in [2.75, 3.05) is 25.6 Å². The highest BCUT2D eigenvalue weighted by atomic mass is 79.9. The first-order chi connectivity index (χ1) is 10.1. The first-order valence-corrected chi connectivity index (χ1v) is 7.69. The molecule has 0 amide bonds. The molecule has 3 nitrogen and oxygen atoms in total. The third kappa shape index (κ3) is 3.39. The minimum atomic E-state index is 0.105. The fraction of sp³-hybridized carbons (Fsp3) is 0.294. The summed E-state index contributed by atoms with van der Waals surface area (Å²) in [5.41, 5.74) is 9.47. The third-order valence-corrected chi connectivity index (χ3v) is 4.61. The van der Waals surface area contributed by atoms with Crippen molar-refractivity contribution >= 4 is 21.6 Å². The Hall–Kier alpha value is -1.52. The highest BCUT2D eigenvalue weighted by Gasteiger charge is 2.19. The zero-order chi connectivity index (χ0) is 15.4. The molecule has 0 aliphatic rings. The second-order valence-corrected chi connectivity index (χ2v) is 5.90. The summed E-state index contributed by atoms with van der Waals surface area (Å²) in [4.78, 5) is 2.17. The molecule has 4 heteroatoms. The van der Waals surface area contributed by atoms with Crippen LogP contribution in [0.15, 0.2) is 46.9 Å². The molecule has 0 heterocycles. The molecular weight excluding hydrogens is 328 g/mol. The van der Waals surface area contributed by atoms with Crippen LogP contribution in [-0.4, -0.2) is 20.7 Å². The fourth-order valence-corrected chi connectivity index (χ4v) is 2.73. The number of ether oxygens (including phenoxy) is 1. The Morgan fingerprint density at radius 2 is 1.95 bits per heavy atom. The van der Waals surface area contributed by atoms with E-state index in [0.717, 1.165) is 15.9 Å². The summed E-state index contributed by atoms with van der Waals surface area (Å²) in [7, 11) is 3.74. The molecule has 0 spiro atoms. The topological polar surface area (TPSA) is 38.5 Å². The Morgan fingerprint density at radius 1 is 1.24 bits per heavy atom. The predicted molar refractivity (Wildman–Crippen MR) is 92.1 cm³/mol. The van der Waals surface area contributed by atoms with E-state index in [4.69, 9.17) is 10.5 Å². The van der Waals surface area contributed by atoms with Crippen LogP contribution in [0.5, 0.6) is 5.75 Å². The van der Waals surface area contributed by atoms with Gasteiger partial charge in [0.25, 0.3) is 0 Å². The molecule has 1 atom stereocenters. The van der Waals surface area contributed by atoms with Crippen molar-refractivity contribution in [3.05, 3.63) is 58.1 Å². The summed E-state index contributed by atoms with van der Waals surface area (Å²) >= 11 is 3.54. The minimum Gasteiger partial charge on any atom is -0.495 e. The molecule has 21 heavy (non-hydrogen) atoms. The molecule has 0 fully saturated rings. The van der Waals surface area contributed by atoms with Gasteiger partial charge in [0.1, 0.15) is 5.75 Å². The van der Waals surface area contributed by atoms with Gasteiger partial charge in [0.05, 0.1) is 18.8 Å². The van der Waals surface area contributed by atoms with Gasteiger partial charge < -0.3 is 15.4 Å². The Balaban J connectivity index is 2.38. The number of benzene rings is 2. The third-order valence-electron chi connectivity index (χ3n) is 3.72. The summed E-state index contributed by atoms with van der Waals surface area (Å²) in [6, 6.07) is 14.5. The van der Waals surface area contributed by atoms with E-state index in [2.05, 4.69) is 46.0 Å². The van der Waals surface area contributed by atoms with Gasteiger partial charge in [0, 0.05) is 18.1 Å². The second-order valence-electron chi connectivity index (χ2n) is 5.04. The van der Waals surface area contributed by atoms with Crippen molar-refractivity contribution in [2.24, 2.45) is 5.73 Å². The predicted octanol–water partition coefficient (Wildman–Crippen LogP) is 3.90. The van der Waals surface area contributed by atoms with Crippen molar-refractivity contribution < 1.29 is 4.74 Å². The average Bonchev–Trinajstić information content (AvgIpc) is 2.51. The van der Waals surface area contributed by atoms with Gasteiger partial charge in [0.15, 0.2) is 0 Å². The lowest BCUT2D eigenvalue weighted by molar-refractivity contribution is 0.413. The van der Waals surface area contributed by atoms with E-state index in [1.807, 2.05) is 31.3 Å². The molecule has 2 N–H and O–H groups in total. The van der Waals surface area contributed by atoms with E-state index in [1.54, 1.807) is 7.11 Å². The first kappa shape index (κ1) is 15.9. The van der Waals surface area contributed by atoms with Crippen LogP contribution in [0.4, 0.5) is 5.69 Å². The van der Waals surface area contributed by atoms with Crippen LogP contribution in [-0.2, 0) is 0 Å². The Morgan fingerprint density at radius 3 is 2.57 bits per heavy atom. The first-order valence-electron chi connectivity index (χ1n) is 6.90. The number of para-hydroxylation sites is 2. The van der Waals surface area contributed by atoms with Crippen LogP contribution < -0.4 is 15.4 Å². The van der Waals surface area contributed by atoms with Crippen LogP contribution in [0.2, 0.25) is 0 Å². The largest absolute Gasteiger partial charge is 0.495 e. The lowest BCUT2D eigenvalue weighted by Gasteiger charge is -2.31. The molecule has 112 valence electrons. The van der Waals surface area contributed by atoms with E-state index in [9.17, 15) is 0 Å². The number of hydrogen-bond donors (Lipinski definition) is 1. The Labute approximate surface area is 134 Å². The number of nitrogens with two attached hydrogens (primary N) is 1. The molecule has 0 bridgehead atoms. The zero-order valence-electron chi connectivity index (χ0n) is 12.6. The number of aryl methyl sites for hydroxylation is 1. The number of nitrogens with zero attached hydrogens (tertiary/aromatic N) is 1. The van der Waals surface area contributed by atoms with Gasteiger partial charge in [-0.15, -0.1) is 0 Å². The van der Waals surface area contributed by atoms with Crippen LogP contribution >= 0.6 is 15.9 Å². The number of hydrogen-bond acceptors (Lipinski definition) is 3. The van der Waals surface area contributed by atoms with Gasteiger partial charge in [-0.3, -0.25) is 0 Å². The zero-order valence-corrected chi connectivity index (χ0v) is 14.2. The van der Waals surface area contributed by atoms with Crippen molar-refractivity contribution in [1.82, 2.24) is 0 Å². The summed E-state index contributed by atoms with van der Waals surface area (Å²) in [5, 5.41) is 0. The number of anilines is 1. The molecule has 0 saturated carbocycles. The molecule has 2 aromatic rings. The van der Waals surface area contributed by atoms with Crippen molar-refractivity contribution in [3.8, 4) is 5.75 Å². The highest BCUT2D eigenvalue weighted by Crippen LogP contribution is 2.33. The van der Waals surface area contributed by atoms with Gasteiger partial charge >= 0.3 is 0 Å². The molecule has 1 unspecified atom stereocenters. The van der Waals surface area contributed by atoms with Crippen molar-refractivity contribution in [3.63, 3.8) is 0 Å². The summed E-state index contributed by atoms with van der Waals surface area (Å²) in [6.07, 6.45) is 0. The molecule has 0 radical (unpaired) electrons. The number of rotatable bonds is 5.